The third kappa shape index (κ3) is 3.54. The lowest BCUT2D eigenvalue weighted by atomic mass is 10.0. The van der Waals surface area contributed by atoms with Gasteiger partial charge in [0.2, 0.25) is 0 Å². The number of aliphatic carboxylic acids is 1. The second-order valence-electron chi connectivity index (χ2n) is 5.01. The highest BCUT2D eigenvalue weighted by Crippen LogP contribution is 2.25. The van der Waals surface area contributed by atoms with Crippen LogP contribution in [0, 0.1) is 13.8 Å². The number of aryl methyl sites for hydroxylation is 2. The first-order chi connectivity index (χ1) is 10.0. The van der Waals surface area contributed by atoms with E-state index in [1.165, 1.54) is 0 Å². The monoisotopic (exact) mass is 285 g/mol. The third-order valence-electron chi connectivity index (χ3n) is 3.33. The van der Waals surface area contributed by atoms with E-state index in [-0.39, 0.29) is 0 Å². The van der Waals surface area contributed by atoms with Crippen molar-refractivity contribution in [2.45, 2.75) is 19.9 Å². The van der Waals surface area contributed by atoms with E-state index in [0.717, 1.165) is 22.6 Å². The number of nitrogens with one attached hydrogen (secondary N) is 1. The van der Waals surface area contributed by atoms with Crippen LogP contribution < -0.4 is 10.1 Å². The van der Waals surface area contributed by atoms with Gasteiger partial charge in [-0.05, 0) is 54.8 Å². The zero-order chi connectivity index (χ0) is 15.4. The average molecular weight is 285 g/mol. The molecule has 4 nitrogen and oxygen atoms in total. The van der Waals surface area contributed by atoms with Crippen LogP contribution in [0.3, 0.4) is 0 Å². The molecule has 0 aromatic heterocycles. The van der Waals surface area contributed by atoms with Gasteiger partial charge in [0, 0.05) is 5.69 Å². The lowest BCUT2D eigenvalue weighted by molar-refractivity contribution is -0.138. The Morgan fingerprint density at radius 2 is 1.95 bits per heavy atom. The molecule has 2 rings (SSSR count). The predicted molar refractivity (Wildman–Crippen MR) is 82.9 cm³/mol. The summed E-state index contributed by atoms with van der Waals surface area (Å²) in [5, 5.41) is 12.5. The van der Waals surface area contributed by atoms with Crippen LogP contribution in [0.2, 0.25) is 0 Å². The maximum Gasteiger partial charge on any atom is 0.330 e. The number of carbonyl (C=O) groups is 1. The van der Waals surface area contributed by atoms with Crippen LogP contribution in [-0.4, -0.2) is 18.2 Å². The summed E-state index contributed by atoms with van der Waals surface area (Å²) in [6, 6.07) is 12.3. The number of rotatable bonds is 5. The Morgan fingerprint density at radius 3 is 2.52 bits per heavy atom. The zero-order valence-corrected chi connectivity index (χ0v) is 12.4. The van der Waals surface area contributed by atoms with Gasteiger partial charge in [-0.1, -0.05) is 18.2 Å². The Morgan fingerprint density at radius 1 is 1.19 bits per heavy atom. The van der Waals surface area contributed by atoms with Crippen LogP contribution >= 0.6 is 0 Å². The van der Waals surface area contributed by atoms with E-state index < -0.39 is 12.0 Å². The second kappa shape index (κ2) is 6.31. The minimum absolute atomic E-state index is 0.697. The molecule has 2 aromatic rings. The number of anilines is 1. The molecule has 0 saturated heterocycles. The Balaban J connectivity index is 2.31. The highest BCUT2D eigenvalue weighted by Gasteiger charge is 2.20. The summed E-state index contributed by atoms with van der Waals surface area (Å²) in [5.41, 5.74) is 3.47. The molecule has 0 saturated carbocycles. The van der Waals surface area contributed by atoms with E-state index >= 15 is 0 Å². The predicted octanol–water partition coefficient (Wildman–Crippen LogP) is 3.55. The van der Waals surface area contributed by atoms with Gasteiger partial charge >= 0.3 is 5.97 Å². The molecule has 1 unspecified atom stereocenters. The number of hydrogen-bond donors (Lipinski definition) is 2. The Bertz CT molecular complexity index is 652. The number of carboxylic acids is 1. The Labute approximate surface area is 124 Å². The lowest BCUT2D eigenvalue weighted by Gasteiger charge is -2.18. The normalized spacial score (nSPS) is 11.8. The fourth-order valence-electron chi connectivity index (χ4n) is 2.27. The van der Waals surface area contributed by atoms with Gasteiger partial charge in [0.05, 0.1) is 7.11 Å². The van der Waals surface area contributed by atoms with Gasteiger partial charge in [0.15, 0.2) is 6.04 Å². The molecule has 0 bridgehead atoms. The molecule has 110 valence electrons. The summed E-state index contributed by atoms with van der Waals surface area (Å²) in [5.74, 6) is -0.167. The molecule has 0 radical (unpaired) electrons. The Kier molecular flexibility index (Phi) is 4.48. The molecule has 0 amide bonds. The maximum absolute atomic E-state index is 11.6. The smallest absolute Gasteiger partial charge is 0.330 e. The molecular formula is C17H19NO3. The van der Waals surface area contributed by atoms with Crippen LogP contribution in [0.5, 0.6) is 5.75 Å². The van der Waals surface area contributed by atoms with Crippen LogP contribution in [0.4, 0.5) is 5.69 Å². The van der Waals surface area contributed by atoms with Crippen molar-refractivity contribution in [3.05, 3.63) is 59.2 Å². The molecule has 0 aliphatic heterocycles. The molecule has 0 aliphatic rings. The van der Waals surface area contributed by atoms with Crippen LogP contribution in [0.15, 0.2) is 42.5 Å². The summed E-state index contributed by atoms with van der Waals surface area (Å²) in [6.07, 6.45) is 0. The lowest BCUT2D eigenvalue weighted by Crippen LogP contribution is -2.20. The van der Waals surface area contributed by atoms with Crippen LogP contribution in [-0.2, 0) is 4.79 Å². The number of benzene rings is 2. The molecule has 2 aromatic carbocycles. The minimum Gasteiger partial charge on any atom is -0.496 e. The van der Waals surface area contributed by atoms with E-state index in [1.807, 2.05) is 44.2 Å². The van der Waals surface area contributed by atoms with Gasteiger partial charge in [-0.25, -0.2) is 4.79 Å². The van der Waals surface area contributed by atoms with Crippen molar-refractivity contribution in [3.8, 4) is 5.75 Å². The van der Waals surface area contributed by atoms with Gasteiger partial charge < -0.3 is 15.2 Å². The first kappa shape index (κ1) is 14.9. The van der Waals surface area contributed by atoms with Gasteiger partial charge in [-0.15, -0.1) is 0 Å². The first-order valence-corrected chi connectivity index (χ1v) is 6.72. The van der Waals surface area contributed by atoms with E-state index in [2.05, 4.69) is 5.32 Å². The number of ether oxygens (including phenoxy) is 1. The van der Waals surface area contributed by atoms with Gasteiger partial charge in [-0.2, -0.15) is 0 Å². The van der Waals surface area contributed by atoms with Gasteiger partial charge in [0.25, 0.3) is 0 Å². The van der Waals surface area contributed by atoms with E-state index in [1.54, 1.807) is 19.2 Å². The van der Waals surface area contributed by atoms with E-state index in [0.29, 0.717) is 5.56 Å². The first-order valence-electron chi connectivity index (χ1n) is 6.72. The molecule has 4 heteroatoms. The average Bonchev–Trinajstić information content (AvgIpc) is 2.44. The highest BCUT2D eigenvalue weighted by atomic mass is 16.5. The number of carboxylic acid groups (broad SMARTS) is 1. The van der Waals surface area contributed by atoms with Crippen molar-refractivity contribution in [2.75, 3.05) is 12.4 Å². The van der Waals surface area contributed by atoms with Gasteiger partial charge in [0.1, 0.15) is 5.75 Å². The molecule has 0 fully saturated rings. The summed E-state index contributed by atoms with van der Waals surface area (Å²) in [4.78, 5) is 11.6. The van der Waals surface area contributed by atoms with E-state index in [4.69, 9.17) is 4.74 Å². The van der Waals surface area contributed by atoms with Crippen molar-refractivity contribution in [1.82, 2.24) is 0 Å². The molecule has 0 heterocycles. The molecule has 1 atom stereocenters. The van der Waals surface area contributed by atoms with E-state index in [9.17, 15) is 9.90 Å². The summed E-state index contributed by atoms with van der Waals surface area (Å²) in [6.45, 7) is 3.87. The minimum atomic E-state index is -0.916. The molecular weight excluding hydrogens is 266 g/mol. The van der Waals surface area contributed by atoms with Crippen molar-refractivity contribution >= 4 is 11.7 Å². The molecule has 21 heavy (non-hydrogen) atoms. The second-order valence-corrected chi connectivity index (χ2v) is 5.01. The molecule has 2 N–H and O–H groups in total. The quantitative estimate of drug-likeness (QED) is 0.882. The zero-order valence-electron chi connectivity index (χ0n) is 12.4. The van der Waals surface area contributed by atoms with Crippen LogP contribution in [0.25, 0.3) is 0 Å². The van der Waals surface area contributed by atoms with Crippen molar-refractivity contribution in [3.63, 3.8) is 0 Å². The molecule has 0 aliphatic carbocycles. The SMILES string of the molecule is COc1ccc(C(Nc2cccc(C)c2)C(=O)O)cc1C. The Hall–Kier alpha value is -2.49. The highest BCUT2D eigenvalue weighted by molar-refractivity contribution is 5.79. The molecule has 0 spiro atoms. The maximum atomic E-state index is 11.6. The van der Waals surface area contributed by atoms with Crippen molar-refractivity contribution < 1.29 is 14.6 Å². The van der Waals surface area contributed by atoms with Gasteiger partial charge in [-0.3, -0.25) is 0 Å². The van der Waals surface area contributed by atoms with Crippen molar-refractivity contribution in [1.29, 1.82) is 0 Å². The standard InChI is InChI=1S/C17H19NO3/c1-11-5-4-6-14(9-11)18-16(17(19)20)13-7-8-15(21-3)12(2)10-13/h4-10,16,18H,1-3H3,(H,19,20). The topological polar surface area (TPSA) is 58.6 Å². The summed E-state index contributed by atoms with van der Waals surface area (Å²) >= 11 is 0. The van der Waals surface area contributed by atoms with Crippen LogP contribution in [0.1, 0.15) is 22.7 Å². The third-order valence-corrected chi connectivity index (χ3v) is 3.33. The number of methoxy groups -OCH3 is 1. The summed E-state index contributed by atoms with van der Waals surface area (Å²) in [7, 11) is 1.60. The fourth-order valence-corrected chi connectivity index (χ4v) is 2.27. The largest absolute Gasteiger partial charge is 0.496 e. The number of hydrogen-bond acceptors (Lipinski definition) is 3. The fraction of sp³-hybridized carbons (Fsp3) is 0.235. The van der Waals surface area contributed by atoms with Crippen molar-refractivity contribution in [2.24, 2.45) is 0 Å². The summed E-state index contributed by atoms with van der Waals surface area (Å²) < 4.78 is 5.21.